The highest BCUT2D eigenvalue weighted by molar-refractivity contribution is 9.09. The number of halogens is 1. The predicted molar refractivity (Wildman–Crippen MR) is 55.8 cm³/mol. The Bertz CT molecular complexity index is 122. The van der Waals surface area contributed by atoms with Gasteiger partial charge in [-0.15, -0.1) is 0 Å². The quantitative estimate of drug-likeness (QED) is 0.249. The van der Waals surface area contributed by atoms with E-state index in [1.54, 1.807) is 0 Å². The molecule has 0 saturated heterocycles. The number of carbonyl (C=O) groups excluding carboxylic acids is 2. The second kappa shape index (κ2) is 14.2. The SMILES string of the molecule is CC(=O)OC=O.CCCCCCBr. The van der Waals surface area contributed by atoms with Crippen molar-refractivity contribution < 1.29 is 14.3 Å². The van der Waals surface area contributed by atoms with Crippen LogP contribution in [0.25, 0.3) is 0 Å². The van der Waals surface area contributed by atoms with Gasteiger partial charge in [0.15, 0.2) is 0 Å². The summed E-state index contributed by atoms with van der Waals surface area (Å²) in [4.78, 5) is 18.8. The molecule has 0 unspecified atom stereocenters. The fourth-order valence-electron chi connectivity index (χ4n) is 0.589. The van der Waals surface area contributed by atoms with E-state index >= 15 is 0 Å². The van der Waals surface area contributed by atoms with Gasteiger partial charge in [-0.1, -0.05) is 42.1 Å². The molecule has 0 aliphatic rings. The van der Waals surface area contributed by atoms with E-state index in [0.29, 0.717) is 0 Å². The number of unbranched alkanes of at least 4 members (excludes halogenated alkanes) is 3. The van der Waals surface area contributed by atoms with Gasteiger partial charge in [0.05, 0.1) is 0 Å². The third-order valence-corrected chi connectivity index (χ3v) is 1.76. The largest absolute Gasteiger partial charge is 0.396 e. The average molecular weight is 253 g/mol. The lowest BCUT2D eigenvalue weighted by Gasteiger charge is -1.89. The number of ether oxygens (including phenoxy) is 1. The molecule has 0 amide bonds. The van der Waals surface area contributed by atoms with Gasteiger partial charge in [-0.3, -0.25) is 9.59 Å². The van der Waals surface area contributed by atoms with Crippen LogP contribution in [-0.4, -0.2) is 17.8 Å². The number of carbonyl (C=O) groups is 2. The average Bonchev–Trinajstić information content (AvgIpc) is 2.06. The van der Waals surface area contributed by atoms with Crippen molar-refractivity contribution in [3.63, 3.8) is 0 Å². The summed E-state index contributed by atoms with van der Waals surface area (Å²) in [6.07, 6.45) is 5.47. The van der Waals surface area contributed by atoms with Crippen LogP contribution in [0.4, 0.5) is 0 Å². The van der Waals surface area contributed by atoms with Crippen molar-refractivity contribution >= 4 is 28.4 Å². The molecule has 0 radical (unpaired) electrons. The van der Waals surface area contributed by atoms with E-state index in [-0.39, 0.29) is 6.47 Å². The number of rotatable bonds is 5. The molecule has 0 aromatic rings. The van der Waals surface area contributed by atoms with Crippen LogP contribution in [0.3, 0.4) is 0 Å². The minimum Gasteiger partial charge on any atom is -0.396 e. The molecule has 0 aliphatic heterocycles. The van der Waals surface area contributed by atoms with E-state index in [0.717, 1.165) is 6.92 Å². The Labute approximate surface area is 88.0 Å². The molecule has 78 valence electrons. The standard InChI is InChI=1S/C6H13Br.C3H4O3/c1-2-3-4-5-6-7;1-3(5)6-2-4/h2-6H2,1H3;2H,1H3. The maximum absolute atomic E-state index is 9.59. The molecule has 0 aromatic heterocycles. The van der Waals surface area contributed by atoms with Crippen LogP contribution in [0, 0.1) is 0 Å². The fourth-order valence-corrected chi connectivity index (χ4v) is 0.986. The van der Waals surface area contributed by atoms with E-state index in [1.807, 2.05) is 0 Å². The Morgan fingerprint density at radius 1 is 1.38 bits per heavy atom. The van der Waals surface area contributed by atoms with Gasteiger partial charge in [-0.05, 0) is 6.42 Å². The molecule has 3 nitrogen and oxygen atoms in total. The van der Waals surface area contributed by atoms with Crippen LogP contribution in [0.15, 0.2) is 0 Å². The molecule has 13 heavy (non-hydrogen) atoms. The first-order valence-corrected chi connectivity index (χ1v) is 5.48. The summed E-state index contributed by atoms with van der Waals surface area (Å²) in [6, 6.07) is 0. The van der Waals surface area contributed by atoms with Crippen LogP contribution in [0.5, 0.6) is 0 Å². The van der Waals surface area contributed by atoms with E-state index < -0.39 is 5.97 Å². The summed E-state index contributed by atoms with van der Waals surface area (Å²) >= 11 is 3.38. The van der Waals surface area contributed by atoms with Gasteiger partial charge in [-0.2, -0.15) is 0 Å². The predicted octanol–water partition coefficient (Wildman–Crippen LogP) is 2.67. The lowest BCUT2D eigenvalue weighted by Crippen LogP contribution is -1.93. The topological polar surface area (TPSA) is 43.4 Å². The molecule has 0 heterocycles. The van der Waals surface area contributed by atoms with Crippen molar-refractivity contribution in [1.29, 1.82) is 0 Å². The normalized spacial score (nSPS) is 8.23. The number of esters is 1. The fraction of sp³-hybridized carbons (Fsp3) is 0.778. The summed E-state index contributed by atoms with van der Waals surface area (Å²) in [5.41, 5.74) is 0. The molecule has 0 aromatic carbocycles. The summed E-state index contributed by atoms with van der Waals surface area (Å²) in [7, 11) is 0. The molecule has 0 bridgehead atoms. The highest BCUT2D eigenvalue weighted by atomic mass is 79.9. The van der Waals surface area contributed by atoms with E-state index in [9.17, 15) is 9.59 Å². The van der Waals surface area contributed by atoms with E-state index in [2.05, 4.69) is 27.6 Å². The minimum absolute atomic E-state index is 0.0995. The first-order valence-electron chi connectivity index (χ1n) is 4.35. The first-order chi connectivity index (χ1) is 6.18. The molecule has 4 heteroatoms. The summed E-state index contributed by atoms with van der Waals surface area (Å²) in [5, 5.41) is 1.17. The molecule has 0 aliphatic carbocycles. The van der Waals surface area contributed by atoms with Crippen LogP contribution in [0.1, 0.15) is 39.5 Å². The highest BCUT2D eigenvalue weighted by Crippen LogP contribution is 1.99. The van der Waals surface area contributed by atoms with Crippen LogP contribution in [0.2, 0.25) is 0 Å². The Balaban J connectivity index is 0. The molecule has 0 rings (SSSR count). The summed E-state index contributed by atoms with van der Waals surface area (Å²) in [5.74, 6) is -0.579. The highest BCUT2D eigenvalue weighted by Gasteiger charge is 1.82. The Hall–Kier alpha value is -0.380. The third kappa shape index (κ3) is 24.5. The van der Waals surface area contributed by atoms with Crippen LogP contribution in [-0.2, 0) is 14.3 Å². The lowest BCUT2D eigenvalue weighted by molar-refractivity contribution is -0.149. The van der Waals surface area contributed by atoms with Gasteiger partial charge in [0.1, 0.15) is 0 Å². The van der Waals surface area contributed by atoms with Gasteiger partial charge < -0.3 is 4.74 Å². The lowest BCUT2D eigenvalue weighted by atomic mass is 10.2. The molecule has 0 spiro atoms. The molecule has 0 saturated carbocycles. The van der Waals surface area contributed by atoms with Crippen LogP contribution >= 0.6 is 15.9 Å². The zero-order valence-corrected chi connectivity index (χ0v) is 9.80. The second-order valence-corrected chi connectivity index (χ2v) is 3.25. The summed E-state index contributed by atoms with van der Waals surface area (Å²) < 4.78 is 3.72. The van der Waals surface area contributed by atoms with E-state index in [1.165, 1.54) is 31.0 Å². The summed E-state index contributed by atoms with van der Waals surface area (Å²) in [6.45, 7) is 3.49. The number of hydrogen-bond donors (Lipinski definition) is 0. The maximum Gasteiger partial charge on any atom is 0.310 e. The Morgan fingerprint density at radius 2 is 2.00 bits per heavy atom. The van der Waals surface area contributed by atoms with Gasteiger partial charge >= 0.3 is 12.4 Å². The van der Waals surface area contributed by atoms with Gasteiger partial charge in [0, 0.05) is 12.3 Å². The zero-order chi connectivity index (χ0) is 10.5. The second-order valence-electron chi connectivity index (χ2n) is 2.46. The molecular formula is C9H17BrO3. The van der Waals surface area contributed by atoms with Crippen molar-refractivity contribution in [3.05, 3.63) is 0 Å². The molecule has 0 atom stereocenters. The van der Waals surface area contributed by atoms with Gasteiger partial charge in [0.25, 0.3) is 0 Å². The Kier molecular flexibility index (Phi) is 16.5. The smallest absolute Gasteiger partial charge is 0.310 e. The van der Waals surface area contributed by atoms with Crippen molar-refractivity contribution in [2.75, 3.05) is 5.33 Å². The first kappa shape index (κ1) is 15.1. The van der Waals surface area contributed by atoms with Crippen LogP contribution < -0.4 is 0 Å². The third-order valence-electron chi connectivity index (χ3n) is 1.20. The number of alkyl halides is 1. The molecular weight excluding hydrogens is 236 g/mol. The van der Waals surface area contributed by atoms with Gasteiger partial charge in [-0.25, -0.2) is 0 Å². The zero-order valence-electron chi connectivity index (χ0n) is 8.22. The monoisotopic (exact) mass is 252 g/mol. The Morgan fingerprint density at radius 3 is 2.23 bits per heavy atom. The molecule has 0 fully saturated rings. The number of hydrogen-bond acceptors (Lipinski definition) is 3. The molecule has 0 N–H and O–H groups in total. The van der Waals surface area contributed by atoms with Crippen molar-refractivity contribution in [2.24, 2.45) is 0 Å². The van der Waals surface area contributed by atoms with E-state index in [4.69, 9.17) is 0 Å². The van der Waals surface area contributed by atoms with Crippen molar-refractivity contribution in [2.45, 2.75) is 39.5 Å². The maximum atomic E-state index is 9.59. The van der Waals surface area contributed by atoms with Gasteiger partial charge in [0.2, 0.25) is 0 Å². The van der Waals surface area contributed by atoms with Crippen molar-refractivity contribution in [3.8, 4) is 0 Å². The minimum atomic E-state index is -0.579. The van der Waals surface area contributed by atoms with Crippen molar-refractivity contribution in [1.82, 2.24) is 0 Å².